The molecular weight excluding hydrogens is 945 g/mol. The SMILES string of the molecule is C.CCCCN1C(=O)c2cc(C#N)c(N=Nc3ccc(N(C)CCOC)cc3NC(C)=O)c(C#N)c2C1=O.CCCCN1C(=O)c2cc(C#N)c(N=Nc3ccc(N(CC)CC)cc3NC(C)=O)c(C#N)c2C1=O. The quantitative estimate of drug-likeness (QED) is 0.0653. The number of hydrogen-bond donors (Lipinski definition) is 2. The third-order valence-corrected chi connectivity index (χ3v) is 11.7. The van der Waals surface area contributed by atoms with Gasteiger partial charge in [-0.25, -0.2) is 0 Å². The monoisotopic (exact) mass is 1000 g/mol. The number of rotatable bonds is 19. The number of imide groups is 2. The molecule has 382 valence electrons. The van der Waals surface area contributed by atoms with Gasteiger partial charge in [-0.2, -0.15) is 21.0 Å². The summed E-state index contributed by atoms with van der Waals surface area (Å²) in [5, 5.41) is 61.4. The maximum absolute atomic E-state index is 13.0. The van der Waals surface area contributed by atoms with Crippen LogP contribution >= 0.6 is 0 Å². The zero-order chi connectivity index (χ0) is 53.5. The summed E-state index contributed by atoms with van der Waals surface area (Å²) in [6.07, 6.45) is 2.80. The fourth-order valence-corrected chi connectivity index (χ4v) is 7.90. The normalized spacial score (nSPS) is 12.3. The second kappa shape index (κ2) is 26.3. The molecule has 2 heterocycles. The number of benzene rings is 4. The average Bonchev–Trinajstić information content (AvgIpc) is 3.76. The second-order valence-corrected chi connectivity index (χ2v) is 16.6. The van der Waals surface area contributed by atoms with Gasteiger partial charge in [-0.05, 0) is 75.2 Å². The Kier molecular flexibility index (Phi) is 20.4. The summed E-state index contributed by atoms with van der Waals surface area (Å²) in [5.41, 5.74) is 2.24. The van der Waals surface area contributed by atoms with E-state index in [1.165, 1.54) is 26.0 Å². The lowest BCUT2D eigenvalue weighted by Gasteiger charge is -2.22. The predicted molar refractivity (Wildman–Crippen MR) is 278 cm³/mol. The van der Waals surface area contributed by atoms with Crippen molar-refractivity contribution in [2.24, 2.45) is 20.5 Å². The van der Waals surface area contributed by atoms with Crippen molar-refractivity contribution in [3.8, 4) is 24.3 Å². The van der Waals surface area contributed by atoms with Crippen LogP contribution in [0.4, 0.5) is 45.5 Å². The highest BCUT2D eigenvalue weighted by atomic mass is 16.5. The topological polar surface area (TPSA) is 293 Å². The summed E-state index contributed by atoms with van der Waals surface area (Å²) in [6, 6.07) is 20.8. The maximum Gasteiger partial charge on any atom is 0.262 e. The van der Waals surface area contributed by atoms with Gasteiger partial charge in [0, 0.05) is 72.1 Å². The lowest BCUT2D eigenvalue weighted by Crippen LogP contribution is -2.30. The minimum Gasteiger partial charge on any atom is -0.383 e. The van der Waals surface area contributed by atoms with Crippen molar-refractivity contribution < 1.29 is 33.5 Å². The highest BCUT2D eigenvalue weighted by Crippen LogP contribution is 2.40. The molecule has 0 saturated heterocycles. The molecule has 0 spiro atoms. The Morgan fingerprint density at radius 2 is 1.04 bits per heavy atom. The van der Waals surface area contributed by atoms with E-state index in [-0.39, 0.29) is 93.9 Å². The van der Waals surface area contributed by atoms with Gasteiger partial charge in [0.15, 0.2) is 0 Å². The molecule has 74 heavy (non-hydrogen) atoms. The maximum atomic E-state index is 13.0. The Hall–Kier alpha value is -9.18. The number of carbonyl (C=O) groups is 6. The number of nitrogens with zero attached hydrogens (tertiary/aromatic N) is 12. The largest absolute Gasteiger partial charge is 0.383 e. The number of methoxy groups -OCH3 is 1. The van der Waals surface area contributed by atoms with Crippen molar-refractivity contribution in [2.75, 3.05) is 73.9 Å². The predicted octanol–water partition coefficient (Wildman–Crippen LogP) is 9.96. The first-order valence-electron chi connectivity index (χ1n) is 23.4. The van der Waals surface area contributed by atoms with E-state index in [1.54, 1.807) is 37.4 Å². The van der Waals surface area contributed by atoms with Gasteiger partial charge < -0.3 is 25.2 Å². The number of nitrogens with one attached hydrogen (secondary N) is 2. The molecule has 21 nitrogen and oxygen atoms in total. The number of hydrogen-bond acceptors (Lipinski definition) is 17. The molecule has 0 aromatic heterocycles. The number of anilines is 4. The van der Waals surface area contributed by atoms with Crippen LogP contribution in [0.3, 0.4) is 0 Å². The minimum atomic E-state index is -0.590. The lowest BCUT2D eigenvalue weighted by molar-refractivity contribution is -0.115. The number of azo groups is 2. The third kappa shape index (κ3) is 12.5. The summed E-state index contributed by atoms with van der Waals surface area (Å²) < 4.78 is 5.11. The van der Waals surface area contributed by atoms with Gasteiger partial charge in [0.1, 0.15) is 47.0 Å². The van der Waals surface area contributed by atoms with Crippen molar-refractivity contribution in [2.45, 2.75) is 74.7 Å². The summed E-state index contributed by atoms with van der Waals surface area (Å²) in [7, 11) is 3.48. The molecular formula is C53H58N14O7. The molecule has 0 bridgehead atoms. The van der Waals surface area contributed by atoms with Crippen LogP contribution in [0.5, 0.6) is 0 Å². The van der Waals surface area contributed by atoms with Gasteiger partial charge in [-0.1, -0.05) is 34.1 Å². The van der Waals surface area contributed by atoms with Crippen LogP contribution in [0.2, 0.25) is 0 Å². The van der Waals surface area contributed by atoms with Crippen molar-refractivity contribution in [3.05, 3.63) is 93.0 Å². The molecule has 4 aromatic rings. The van der Waals surface area contributed by atoms with E-state index in [0.29, 0.717) is 43.1 Å². The summed E-state index contributed by atoms with van der Waals surface area (Å²) in [6.45, 7) is 13.8. The Morgan fingerprint density at radius 3 is 1.41 bits per heavy atom. The highest BCUT2D eigenvalue weighted by molar-refractivity contribution is 6.24. The zero-order valence-corrected chi connectivity index (χ0v) is 41.9. The van der Waals surface area contributed by atoms with Crippen molar-refractivity contribution in [3.63, 3.8) is 0 Å². The van der Waals surface area contributed by atoms with E-state index in [1.807, 2.05) is 70.0 Å². The summed E-state index contributed by atoms with van der Waals surface area (Å²) >= 11 is 0. The fraction of sp³-hybridized carbons (Fsp3) is 0.358. The Bertz CT molecular complexity index is 3100. The number of fused-ring (bicyclic) bond motifs is 2. The summed E-state index contributed by atoms with van der Waals surface area (Å²) in [5.74, 6) is -2.85. The number of carbonyl (C=O) groups excluding carboxylic acids is 6. The van der Waals surface area contributed by atoms with Gasteiger partial charge in [-0.3, -0.25) is 38.6 Å². The van der Waals surface area contributed by atoms with Gasteiger partial charge in [0.2, 0.25) is 11.8 Å². The van der Waals surface area contributed by atoms with E-state index in [0.717, 1.165) is 47.1 Å². The van der Waals surface area contributed by atoms with Crippen LogP contribution in [-0.2, 0) is 14.3 Å². The molecule has 2 aliphatic heterocycles. The molecule has 0 aliphatic carbocycles. The van der Waals surface area contributed by atoms with Crippen LogP contribution in [0, 0.1) is 45.3 Å². The molecule has 0 atom stereocenters. The number of amides is 6. The molecule has 0 unspecified atom stereocenters. The Balaban J connectivity index is 0.000000316. The molecule has 2 N–H and O–H groups in total. The highest BCUT2D eigenvalue weighted by Gasteiger charge is 2.41. The molecule has 21 heteroatoms. The van der Waals surface area contributed by atoms with Gasteiger partial charge in [-0.15, -0.1) is 20.5 Å². The molecule has 0 saturated carbocycles. The molecule has 0 radical (unpaired) electrons. The first-order valence-corrected chi connectivity index (χ1v) is 23.4. The smallest absolute Gasteiger partial charge is 0.262 e. The minimum absolute atomic E-state index is 0. The van der Waals surface area contributed by atoms with E-state index in [9.17, 15) is 49.8 Å². The van der Waals surface area contributed by atoms with E-state index < -0.39 is 23.6 Å². The zero-order valence-electron chi connectivity index (χ0n) is 41.9. The van der Waals surface area contributed by atoms with Crippen LogP contribution in [0.15, 0.2) is 69.0 Å². The van der Waals surface area contributed by atoms with Crippen LogP contribution in [-0.4, -0.2) is 98.7 Å². The molecule has 4 aromatic carbocycles. The fourth-order valence-electron chi connectivity index (χ4n) is 7.90. The number of ether oxygens (including phenoxy) is 1. The van der Waals surface area contributed by atoms with Gasteiger partial charge in [0.25, 0.3) is 23.6 Å². The van der Waals surface area contributed by atoms with Crippen molar-refractivity contribution in [1.82, 2.24) is 9.80 Å². The van der Waals surface area contributed by atoms with Gasteiger partial charge in [0.05, 0.1) is 62.5 Å². The molecule has 2 aliphatic rings. The van der Waals surface area contributed by atoms with Crippen molar-refractivity contribution >= 4 is 80.9 Å². The molecule has 0 fully saturated rings. The Labute approximate surface area is 430 Å². The summed E-state index contributed by atoms with van der Waals surface area (Å²) in [4.78, 5) is 81.5. The van der Waals surface area contributed by atoms with Gasteiger partial charge >= 0.3 is 0 Å². The standard InChI is InChI=1S/C26H27N7O4.C26H27N7O3.CH4/c1-5-6-9-33-25(35)19-12-17(14-27)24(20(15-28)23(19)26(33)36)31-30-21-8-7-18(32(3)10-11-37-4)13-22(21)29-16(2)34;1-5-8-11-33-25(35)19-12-17(14-27)24(20(15-28)23(19)26(33)36)31-30-21-10-9-18(32(6-2)7-3)13-22(21)29-16(4)34;/h7-8,12-13H,5-6,9-11H2,1-4H3,(H,29,34);9-10,12-13H,5-8,11H2,1-4H3,(H,29,34);1H4. The third-order valence-electron chi connectivity index (χ3n) is 11.7. The average molecular weight is 1000 g/mol. The van der Waals surface area contributed by atoms with E-state index in [4.69, 9.17) is 4.74 Å². The first-order chi connectivity index (χ1) is 35.1. The molecule has 6 rings (SSSR count). The lowest BCUT2D eigenvalue weighted by atomic mass is 9.97. The van der Waals surface area contributed by atoms with Crippen LogP contribution < -0.4 is 20.4 Å². The molecule has 6 amide bonds. The van der Waals surface area contributed by atoms with E-state index in [2.05, 4.69) is 36.0 Å². The van der Waals surface area contributed by atoms with Crippen LogP contribution in [0.1, 0.15) is 138 Å². The number of nitriles is 4. The second-order valence-electron chi connectivity index (χ2n) is 16.6. The number of unbranched alkanes of at least 4 members (excludes halogenated alkanes) is 2. The van der Waals surface area contributed by atoms with E-state index >= 15 is 0 Å². The Morgan fingerprint density at radius 1 is 0.622 bits per heavy atom. The van der Waals surface area contributed by atoms with Crippen molar-refractivity contribution in [1.29, 1.82) is 21.0 Å². The number of likely N-dealkylation sites (N-methyl/N-ethyl adjacent to an activating group) is 1. The van der Waals surface area contributed by atoms with Crippen LogP contribution in [0.25, 0.3) is 0 Å². The first kappa shape index (κ1) is 57.4.